The van der Waals surface area contributed by atoms with Crippen LogP contribution in [0.4, 0.5) is 0 Å². The molecule has 2 aliphatic rings. The number of fused-ring (bicyclic) bond motifs is 3. The van der Waals surface area contributed by atoms with Gasteiger partial charge in [-0.25, -0.2) is 4.98 Å². The van der Waals surface area contributed by atoms with Crippen molar-refractivity contribution < 1.29 is 14.9 Å². The average Bonchev–Trinajstić information content (AvgIpc) is 2.63. The van der Waals surface area contributed by atoms with E-state index in [1.807, 2.05) is 19.9 Å². The maximum Gasteiger partial charge on any atom is 0.217 e. The summed E-state index contributed by atoms with van der Waals surface area (Å²) in [5.74, 6) is 0.722. The number of rotatable bonds is 4. The Kier molecular flexibility index (Phi) is 6.83. The minimum atomic E-state index is -0.384. The van der Waals surface area contributed by atoms with E-state index in [9.17, 15) is 10.2 Å². The van der Waals surface area contributed by atoms with Crippen molar-refractivity contribution in [3.63, 3.8) is 0 Å². The summed E-state index contributed by atoms with van der Waals surface area (Å²) in [5.41, 5.74) is 1.12. The molecule has 2 N–H and O–H groups in total. The Morgan fingerprint density at radius 2 is 1.92 bits per heavy atom. The van der Waals surface area contributed by atoms with Gasteiger partial charge in [-0.1, -0.05) is 6.07 Å². The molecule has 7 heteroatoms. The van der Waals surface area contributed by atoms with Crippen molar-refractivity contribution in [3.8, 4) is 5.88 Å². The summed E-state index contributed by atoms with van der Waals surface area (Å²) in [6.45, 7) is 10.9. The fourth-order valence-corrected chi connectivity index (χ4v) is 3.88. The van der Waals surface area contributed by atoms with Gasteiger partial charge in [-0.3, -0.25) is 14.7 Å². The van der Waals surface area contributed by atoms with Crippen LogP contribution < -0.4 is 4.74 Å². The lowest BCUT2D eigenvalue weighted by atomic mass is 10.1. The molecule has 1 aromatic heterocycles. The molecule has 4 atom stereocenters. The van der Waals surface area contributed by atoms with Crippen LogP contribution in [0.15, 0.2) is 18.3 Å². The van der Waals surface area contributed by atoms with Gasteiger partial charge in [0.15, 0.2) is 0 Å². The van der Waals surface area contributed by atoms with Gasteiger partial charge in [0.1, 0.15) is 6.61 Å². The number of aliphatic hydroxyl groups is 2. The Bertz CT molecular complexity index is 569. The SMILES string of the molecule is C[C@H](O)CN1CCN2Cc3cccnc3OCC(C2)N(C[C@H](C)O)CC1. The van der Waals surface area contributed by atoms with Crippen LogP contribution in [-0.2, 0) is 6.54 Å². The van der Waals surface area contributed by atoms with E-state index in [2.05, 4.69) is 25.8 Å². The third-order valence-corrected chi connectivity index (χ3v) is 5.10. The lowest BCUT2D eigenvalue weighted by Crippen LogP contribution is -2.50. The fourth-order valence-electron chi connectivity index (χ4n) is 3.88. The second-order valence-corrected chi connectivity index (χ2v) is 7.66. The van der Waals surface area contributed by atoms with Crippen LogP contribution in [0.1, 0.15) is 19.4 Å². The van der Waals surface area contributed by atoms with Crippen molar-refractivity contribution in [3.05, 3.63) is 23.9 Å². The molecular formula is C19H32N4O3. The average molecular weight is 364 g/mol. The molecule has 0 amide bonds. The van der Waals surface area contributed by atoms with Crippen LogP contribution in [0.25, 0.3) is 0 Å². The van der Waals surface area contributed by atoms with E-state index in [1.165, 1.54) is 0 Å². The van der Waals surface area contributed by atoms with Gasteiger partial charge in [-0.05, 0) is 19.9 Å². The fraction of sp³-hybridized carbons (Fsp3) is 0.737. The van der Waals surface area contributed by atoms with Crippen molar-refractivity contribution in [2.75, 3.05) is 52.4 Å². The monoisotopic (exact) mass is 364 g/mol. The van der Waals surface area contributed by atoms with E-state index < -0.39 is 0 Å². The highest BCUT2D eigenvalue weighted by molar-refractivity contribution is 5.26. The Hall–Kier alpha value is -1.25. The maximum atomic E-state index is 9.97. The van der Waals surface area contributed by atoms with Gasteiger partial charge in [0.2, 0.25) is 5.88 Å². The molecule has 2 unspecified atom stereocenters. The van der Waals surface area contributed by atoms with Crippen molar-refractivity contribution in [2.24, 2.45) is 0 Å². The highest BCUT2D eigenvalue weighted by Crippen LogP contribution is 2.22. The van der Waals surface area contributed by atoms with Crippen LogP contribution in [0, 0.1) is 0 Å². The largest absolute Gasteiger partial charge is 0.476 e. The second-order valence-electron chi connectivity index (χ2n) is 7.66. The van der Waals surface area contributed by atoms with Crippen LogP contribution in [0.3, 0.4) is 0 Å². The smallest absolute Gasteiger partial charge is 0.217 e. The van der Waals surface area contributed by atoms with E-state index in [4.69, 9.17) is 4.74 Å². The summed E-state index contributed by atoms with van der Waals surface area (Å²) in [4.78, 5) is 11.5. The minimum Gasteiger partial charge on any atom is -0.476 e. The van der Waals surface area contributed by atoms with Crippen LogP contribution in [0.5, 0.6) is 5.88 Å². The highest BCUT2D eigenvalue weighted by Gasteiger charge is 2.29. The zero-order valence-corrected chi connectivity index (χ0v) is 15.9. The third-order valence-electron chi connectivity index (χ3n) is 5.10. The predicted octanol–water partition coefficient (Wildman–Crippen LogP) is 0.0238. The van der Waals surface area contributed by atoms with E-state index in [0.29, 0.717) is 19.7 Å². The zero-order valence-electron chi connectivity index (χ0n) is 15.9. The van der Waals surface area contributed by atoms with E-state index in [0.717, 1.165) is 50.7 Å². The molecule has 0 aliphatic carbocycles. The molecule has 7 nitrogen and oxygen atoms in total. The Balaban J connectivity index is 1.82. The number of aromatic nitrogens is 1. The zero-order chi connectivity index (χ0) is 18.5. The molecule has 3 heterocycles. The van der Waals surface area contributed by atoms with Gasteiger partial charge >= 0.3 is 0 Å². The van der Waals surface area contributed by atoms with Gasteiger partial charge in [-0.15, -0.1) is 0 Å². The standard InChI is InChI=1S/C19H32N4O3/c1-15(24)10-21-6-7-22-12-17-4-3-5-20-19(17)26-14-18(13-22)23(9-8-21)11-16(2)25/h3-5,15-16,18,24-25H,6-14H2,1-2H3/t15-,16-,18?/m0/s1. The number of pyridine rings is 1. The number of aliphatic hydroxyl groups excluding tert-OH is 2. The Morgan fingerprint density at radius 3 is 2.69 bits per heavy atom. The number of β-amino-alcohol motifs (C(OH)–C–C–N with tert-alkyl or cyclic N) is 2. The molecule has 0 saturated carbocycles. The van der Waals surface area contributed by atoms with Gasteiger partial charge in [0.25, 0.3) is 0 Å². The molecule has 1 saturated heterocycles. The van der Waals surface area contributed by atoms with Gasteiger partial charge < -0.3 is 14.9 Å². The first-order valence-corrected chi connectivity index (χ1v) is 9.63. The molecule has 0 spiro atoms. The van der Waals surface area contributed by atoms with Crippen molar-refractivity contribution in [2.45, 2.75) is 38.6 Å². The second kappa shape index (κ2) is 9.10. The van der Waals surface area contributed by atoms with E-state index in [1.54, 1.807) is 6.20 Å². The van der Waals surface area contributed by atoms with Crippen LogP contribution in [-0.4, -0.2) is 101 Å². The molecule has 0 aromatic carbocycles. The molecule has 3 rings (SSSR count). The molecular weight excluding hydrogens is 332 g/mol. The van der Waals surface area contributed by atoms with Gasteiger partial charge in [0.05, 0.1) is 18.2 Å². The van der Waals surface area contributed by atoms with Crippen molar-refractivity contribution in [1.29, 1.82) is 0 Å². The summed E-state index contributed by atoms with van der Waals surface area (Å²) in [6.07, 6.45) is 1.05. The predicted molar refractivity (Wildman–Crippen MR) is 100 cm³/mol. The number of hydrogen-bond acceptors (Lipinski definition) is 7. The first kappa shape index (κ1) is 19.5. The summed E-state index contributed by atoms with van der Waals surface area (Å²) in [6, 6.07) is 4.25. The molecule has 146 valence electrons. The summed E-state index contributed by atoms with van der Waals surface area (Å²) in [5, 5.41) is 19.8. The van der Waals surface area contributed by atoms with Crippen LogP contribution in [0.2, 0.25) is 0 Å². The molecule has 26 heavy (non-hydrogen) atoms. The van der Waals surface area contributed by atoms with E-state index in [-0.39, 0.29) is 18.2 Å². The molecule has 2 aliphatic heterocycles. The number of hydrogen-bond donors (Lipinski definition) is 2. The molecule has 1 fully saturated rings. The molecule has 1 aromatic rings. The Morgan fingerprint density at radius 1 is 1.15 bits per heavy atom. The first-order valence-electron chi connectivity index (χ1n) is 9.63. The normalized spacial score (nSPS) is 27.7. The van der Waals surface area contributed by atoms with Crippen molar-refractivity contribution >= 4 is 0 Å². The summed E-state index contributed by atoms with van der Waals surface area (Å²) < 4.78 is 6.04. The summed E-state index contributed by atoms with van der Waals surface area (Å²) >= 11 is 0. The lowest BCUT2D eigenvalue weighted by molar-refractivity contribution is 0.0504. The van der Waals surface area contributed by atoms with Gasteiger partial charge in [-0.2, -0.15) is 0 Å². The highest BCUT2D eigenvalue weighted by atomic mass is 16.5. The Labute approximate surface area is 156 Å². The summed E-state index contributed by atoms with van der Waals surface area (Å²) in [7, 11) is 0. The van der Waals surface area contributed by atoms with Crippen molar-refractivity contribution in [1.82, 2.24) is 19.7 Å². The van der Waals surface area contributed by atoms with Crippen LogP contribution >= 0.6 is 0 Å². The minimum absolute atomic E-state index is 0.214. The quantitative estimate of drug-likeness (QED) is 0.781. The third kappa shape index (κ3) is 5.37. The number of ether oxygens (including phenoxy) is 1. The molecule has 2 bridgehead atoms. The molecule has 0 radical (unpaired) electrons. The van der Waals surface area contributed by atoms with E-state index >= 15 is 0 Å². The maximum absolute atomic E-state index is 9.97. The lowest BCUT2D eigenvalue weighted by Gasteiger charge is -2.36. The van der Waals surface area contributed by atoms with Gasteiger partial charge in [0, 0.05) is 64.1 Å². The number of nitrogens with zero attached hydrogens (tertiary/aromatic N) is 4. The topological polar surface area (TPSA) is 72.3 Å². The first-order chi connectivity index (χ1) is 12.5.